The minimum Gasteiger partial charge on any atom is -0.508 e. The molecule has 1 aromatic heterocycles. The predicted molar refractivity (Wildman–Crippen MR) is 540 cm³/mol. The van der Waals surface area contributed by atoms with Crippen LogP contribution in [0.1, 0.15) is 120 Å². The number of carbonyl (C=O) groups excluding carboxylic acids is 19. The summed E-state index contributed by atoms with van der Waals surface area (Å²) >= 11 is 1.42. The second-order valence-electron chi connectivity index (χ2n) is 35.8. The number of aromatic hydroxyl groups is 1. The van der Waals surface area contributed by atoms with Gasteiger partial charge in [0.1, 0.15) is 72.2 Å². The number of nitrogens with zero attached hydrogens (tertiary/aromatic N) is 5. The molecule has 3 aromatic carbocycles. The fraction of sp³-hybridized carbons (Fsp3) is 0.521. The molecule has 148 heavy (non-hydrogen) atoms. The zero-order valence-corrected chi connectivity index (χ0v) is 84.2. The quantitative estimate of drug-likeness (QED) is 0.0111. The van der Waals surface area contributed by atoms with E-state index in [2.05, 4.69) is 102 Å². The second-order valence-corrected chi connectivity index (χ2v) is 36.8. The lowest BCUT2D eigenvalue weighted by molar-refractivity contribution is -0.140. The van der Waals surface area contributed by atoms with Crippen molar-refractivity contribution >= 4 is 165 Å². The number of carboxylic acid groups (broad SMARTS) is 3. The molecule has 0 bridgehead atoms. The number of aromatic amines is 1. The molecule has 1 saturated heterocycles. The number of H-pyrrole nitrogens is 1. The van der Waals surface area contributed by atoms with Gasteiger partial charge in [-0.3, -0.25) is 130 Å². The maximum Gasteiger partial charge on any atom is 0.317 e. The van der Waals surface area contributed by atoms with Crippen LogP contribution in [0.25, 0.3) is 10.9 Å². The molecule has 54 heteroatoms. The van der Waals surface area contributed by atoms with Gasteiger partial charge in [-0.15, -0.1) is 0 Å². The molecule has 0 unspecified atom stereocenters. The van der Waals surface area contributed by atoms with Crippen molar-refractivity contribution in [2.24, 2.45) is 45.5 Å². The zero-order chi connectivity index (χ0) is 110. The molecule has 11 atom stereocenters. The van der Waals surface area contributed by atoms with Crippen LogP contribution in [0.5, 0.6) is 5.75 Å². The minimum atomic E-state index is -1.97. The van der Waals surface area contributed by atoms with Crippen molar-refractivity contribution in [1.29, 1.82) is 0 Å². The van der Waals surface area contributed by atoms with Crippen LogP contribution in [0.15, 0.2) is 96.8 Å². The maximum absolute atomic E-state index is 14.7. The van der Waals surface area contributed by atoms with Crippen LogP contribution >= 0.6 is 11.8 Å². The minimum absolute atomic E-state index is 0.0921. The third-order valence-electron chi connectivity index (χ3n) is 22.9. The SMILES string of the molecule is C=CNC=NC[C@H](NC(=O)CNC(=O)[C@@H](NC(=O)[C@H](C)NC(=O)[C@H](Cc1c[nH]c2ccccc12)NC(=O)[C@H](CCC(N)=O)NC(=O)[C@H](CC(N)=O)NC(=O)CNC(=O)[C@H](Cc1ccc(O)cc1)NC(=O)[C@H](CCCCN)NC(=O)[C@H](CCC(N)=O)NC(=O)c1ccc(NC(=O)CNC(=O)CN2CCN(CC(=O)O)CCN(CC(=O)O)CCN(CC(=O)O)CC2)cc1)C(C)C)C(=O)N[C@@H](CC(C)C)C(=O)N[C@@H](CCSC)C(N)=O. The number of para-hydroxylation sites is 1. The van der Waals surface area contributed by atoms with E-state index in [1.165, 1.54) is 86.0 Å². The lowest BCUT2D eigenvalue weighted by atomic mass is 10.0. The van der Waals surface area contributed by atoms with E-state index in [0.717, 1.165) is 0 Å². The number of thioether (sulfide) groups is 1. The largest absolute Gasteiger partial charge is 0.508 e. The number of amides is 19. The number of anilines is 1. The van der Waals surface area contributed by atoms with Crippen molar-refractivity contribution in [3.8, 4) is 5.75 Å². The van der Waals surface area contributed by atoms with Gasteiger partial charge in [0.05, 0.1) is 65.1 Å². The third-order valence-corrected chi connectivity index (χ3v) is 23.6. The number of aromatic nitrogens is 1. The van der Waals surface area contributed by atoms with Gasteiger partial charge in [-0.05, 0) is 142 Å². The fourth-order valence-corrected chi connectivity index (χ4v) is 15.5. The first-order valence-electron chi connectivity index (χ1n) is 47.8. The van der Waals surface area contributed by atoms with Crippen LogP contribution in [-0.4, -0.2) is 371 Å². The molecule has 5 rings (SSSR count). The number of hydrogen-bond donors (Lipinski definition) is 26. The molecule has 2 heterocycles. The van der Waals surface area contributed by atoms with Crippen LogP contribution in [0.2, 0.25) is 0 Å². The molecule has 1 aliphatic rings. The molecule has 19 amide bonds. The Morgan fingerprint density at radius 2 is 0.926 bits per heavy atom. The Morgan fingerprint density at radius 3 is 1.43 bits per heavy atom. The van der Waals surface area contributed by atoms with E-state index < -0.39 is 274 Å². The summed E-state index contributed by atoms with van der Waals surface area (Å²) in [5.41, 5.74) is 29.4. The van der Waals surface area contributed by atoms with Gasteiger partial charge in [-0.2, -0.15) is 11.8 Å². The number of carboxylic acids is 3. The first kappa shape index (κ1) is 123. The van der Waals surface area contributed by atoms with Crippen molar-refractivity contribution in [2.45, 2.75) is 178 Å². The Morgan fingerprint density at radius 1 is 0.459 bits per heavy atom. The standard InChI is InChI=1S/C94H139N27O26S/c1-8-100-52-101-44-71(93(146)114-67(39-53(2)3)91(144)110-63(83(99)136)28-38-148-7)109-77(128)47-105-94(147)82(54(4)5)117-84(137)55(6)106-90(143)69(41-58-43-102-62-14-10-9-13-61(58)62)116-89(142)66(25-27-73(97)124)113-92(145)70(42-74(98)125)108-76(127)46-104-86(139)68(40-56-16-22-60(122)23-17-56)115-87(140)64(15-11-12-29-95)112-88(141)65(24-26-72(96)123)111-85(138)57-18-20-59(21-19-57)107-75(126)45-103-78(129)48-118-30-32-119(49-79(130)131)34-36-121(51-81(134)135)37-35-120(33-31-118)50-80(132)133/h8-10,13-14,16-23,43,52-55,63-71,82,102,122H,1,11-12,15,24-42,44-51,95H2,2-7H3,(H2,96,123)(H2,97,124)(H2,98,125)(H2,99,136)(H,100,101)(H,103,129)(H,104,139)(H,105,147)(H,106,143)(H,107,126)(H,108,127)(H,109,128)(H,110,144)(H,111,138)(H,112,141)(H,113,145)(H,114,146)(H,115,140)(H,116,142)(H,117,137)(H,130,131)(H,132,133)(H,134,135)/t55-,63-,64-,65-,66-,67-,68-,69-,70-,71-,82-/m0/s1. The van der Waals surface area contributed by atoms with E-state index in [-0.39, 0.29) is 133 Å². The van der Waals surface area contributed by atoms with Gasteiger partial charge in [-0.1, -0.05) is 64.6 Å². The molecule has 53 nitrogen and oxygen atoms in total. The van der Waals surface area contributed by atoms with E-state index >= 15 is 0 Å². The van der Waals surface area contributed by atoms with E-state index in [1.54, 1.807) is 77.8 Å². The average molecular weight is 2100 g/mol. The van der Waals surface area contributed by atoms with Crippen molar-refractivity contribution in [3.05, 3.63) is 108 Å². The smallest absolute Gasteiger partial charge is 0.317 e. The number of primary amides is 4. The van der Waals surface area contributed by atoms with Crippen molar-refractivity contribution in [1.82, 2.24) is 104 Å². The number of phenols is 1. The topological polar surface area (TPSA) is 820 Å². The van der Waals surface area contributed by atoms with Crippen LogP contribution in [0.3, 0.4) is 0 Å². The lowest BCUT2D eigenvalue weighted by Gasteiger charge is -2.32. The van der Waals surface area contributed by atoms with Crippen molar-refractivity contribution in [3.63, 3.8) is 0 Å². The van der Waals surface area contributed by atoms with Crippen LogP contribution in [0, 0.1) is 11.8 Å². The molecule has 1 fully saturated rings. The highest BCUT2D eigenvalue weighted by Gasteiger charge is 2.38. The van der Waals surface area contributed by atoms with Gasteiger partial charge >= 0.3 is 17.9 Å². The third kappa shape index (κ3) is 46.8. The second kappa shape index (κ2) is 64.5. The molecule has 0 spiro atoms. The van der Waals surface area contributed by atoms with E-state index in [9.17, 15) is 126 Å². The number of aliphatic carboxylic acids is 3. The Labute approximate surface area is 857 Å². The average Bonchev–Trinajstić information content (AvgIpc) is 1.68. The Balaban J connectivity index is 1.28. The number of nitrogens with one attached hydrogen (secondary N) is 17. The number of fused-ring (bicyclic) bond motifs is 1. The summed E-state index contributed by atoms with van der Waals surface area (Å²) in [4.78, 5) is 310. The zero-order valence-electron chi connectivity index (χ0n) is 83.4. The van der Waals surface area contributed by atoms with Crippen molar-refractivity contribution < 1.29 is 126 Å². The number of benzene rings is 3. The molecule has 4 aromatic rings. The van der Waals surface area contributed by atoms with Gasteiger partial charge in [-0.25, -0.2) is 0 Å². The molecule has 0 saturated carbocycles. The summed E-state index contributed by atoms with van der Waals surface area (Å²) in [5, 5.41) is 79.5. The number of carbonyl (C=O) groups is 22. The van der Waals surface area contributed by atoms with Crippen LogP contribution < -0.4 is 114 Å². The van der Waals surface area contributed by atoms with E-state index in [4.69, 9.17) is 28.7 Å². The summed E-state index contributed by atoms with van der Waals surface area (Å²) < 4.78 is 0. The molecule has 1 aliphatic heterocycles. The highest BCUT2D eigenvalue weighted by Crippen LogP contribution is 2.22. The van der Waals surface area contributed by atoms with Gasteiger partial charge in [0.25, 0.3) is 5.91 Å². The summed E-state index contributed by atoms with van der Waals surface area (Å²) in [6.07, 6.45) is 2.62. The summed E-state index contributed by atoms with van der Waals surface area (Å²) in [5.74, 6) is -22.3. The van der Waals surface area contributed by atoms with E-state index in [0.29, 0.717) is 34.2 Å². The number of unbranched alkanes of at least 4 members (excludes halogenated alkanes) is 1. The number of hydrogen-bond acceptors (Lipinski definition) is 30. The first-order valence-corrected chi connectivity index (χ1v) is 49.1. The van der Waals surface area contributed by atoms with Crippen molar-refractivity contribution in [2.75, 3.05) is 129 Å². The molecular formula is C94H139N27O26S. The normalized spacial score (nSPS) is 15.0. The van der Waals surface area contributed by atoms with Gasteiger partial charge in [0, 0.05) is 106 Å². The number of nitrogens with two attached hydrogens (primary N) is 5. The van der Waals surface area contributed by atoms with Gasteiger partial charge in [0.15, 0.2) is 0 Å². The summed E-state index contributed by atoms with van der Waals surface area (Å²) in [6.45, 7) is 8.44. The van der Waals surface area contributed by atoms with Gasteiger partial charge < -0.3 is 139 Å². The number of rotatable bonds is 64. The molecular weight excluding hydrogens is 1960 g/mol. The molecule has 812 valence electrons. The van der Waals surface area contributed by atoms with Crippen LogP contribution in [-0.2, 0) is 114 Å². The Bertz CT molecular complexity index is 5250. The number of aliphatic imine (C=N–C) groups is 1. The highest BCUT2D eigenvalue weighted by atomic mass is 32.2. The summed E-state index contributed by atoms with van der Waals surface area (Å²) in [6, 6.07) is 0.381. The maximum atomic E-state index is 14.7. The van der Waals surface area contributed by atoms with Gasteiger partial charge in [0.2, 0.25) is 106 Å². The molecule has 0 aliphatic carbocycles. The number of phenolic OH excluding ortho intramolecular Hbond substituents is 1. The van der Waals surface area contributed by atoms with Crippen LogP contribution in [0.4, 0.5) is 5.69 Å². The Hall–Kier alpha value is -15.3. The highest BCUT2D eigenvalue weighted by molar-refractivity contribution is 7.98. The summed E-state index contributed by atoms with van der Waals surface area (Å²) in [7, 11) is 0. The monoisotopic (exact) mass is 2090 g/mol. The molecule has 31 N–H and O–H groups in total. The molecule has 0 radical (unpaired) electrons. The lowest BCUT2D eigenvalue weighted by Crippen LogP contribution is -2.60. The first-order chi connectivity index (χ1) is 70.1. The Kier molecular flexibility index (Phi) is 53.7. The predicted octanol–water partition coefficient (Wildman–Crippen LogP) is -7.67. The fourth-order valence-electron chi connectivity index (χ4n) is 15.0. The van der Waals surface area contributed by atoms with E-state index in [1.807, 2.05) is 0 Å².